The molecule has 2 saturated carbocycles. The predicted molar refractivity (Wildman–Crippen MR) is 151 cm³/mol. The van der Waals surface area contributed by atoms with Gasteiger partial charge in [-0.1, -0.05) is 32.8 Å². The molecule has 1 aromatic rings. The monoisotopic (exact) mass is 523 g/mol. The van der Waals surface area contributed by atoms with Crippen LogP contribution in [0.2, 0.25) is 0 Å². The Kier molecular flexibility index (Phi) is 7.51. The van der Waals surface area contributed by atoms with Crippen LogP contribution in [0.25, 0.3) is 0 Å². The van der Waals surface area contributed by atoms with E-state index < -0.39 is 0 Å². The molecule has 1 aromatic carbocycles. The largest absolute Gasteiger partial charge is 0.415 e. The first-order chi connectivity index (χ1) is 18.4. The van der Waals surface area contributed by atoms with E-state index in [2.05, 4.69) is 42.8 Å². The minimum absolute atomic E-state index is 0.0952. The fourth-order valence-corrected chi connectivity index (χ4v) is 9.22. The van der Waals surface area contributed by atoms with Gasteiger partial charge in [0.2, 0.25) is 0 Å². The Hall–Kier alpha value is -1.63. The van der Waals surface area contributed by atoms with E-state index in [0.29, 0.717) is 35.5 Å². The fourth-order valence-electron chi connectivity index (χ4n) is 9.22. The summed E-state index contributed by atoms with van der Waals surface area (Å²) >= 11 is 0. The van der Waals surface area contributed by atoms with E-state index in [1.807, 2.05) is 11.0 Å². The second kappa shape index (κ2) is 10.7. The number of likely N-dealkylation sites (N-methyl/N-ethyl adjacent to an activating group) is 1. The zero-order valence-corrected chi connectivity index (χ0v) is 23.9. The quantitative estimate of drug-likeness (QED) is 0.592. The molecule has 0 bridgehead atoms. The minimum atomic E-state index is -0.186. The molecule has 6 nitrogen and oxygen atoms in total. The lowest BCUT2D eigenvalue weighted by Crippen LogP contribution is -2.53. The van der Waals surface area contributed by atoms with E-state index in [9.17, 15) is 9.90 Å². The summed E-state index contributed by atoms with van der Waals surface area (Å²) in [5, 5.41) is 10.8. The van der Waals surface area contributed by atoms with Crippen molar-refractivity contribution in [1.82, 2.24) is 14.7 Å². The molecule has 6 heteroatoms. The van der Waals surface area contributed by atoms with Gasteiger partial charge in [0.15, 0.2) is 0 Å². The van der Waals surface area contributed by atoms with E-state index in [1.165, 1.54) is 36.8 Å². The van der Waals surface area contributed by atoms with Crippen LogP contribution in [0.15, 0.2) is 18.2 Å². The lowest BCUT2D eigenvalue weighted by Gasteiger charge is -2.53. The molecule has 0 spiro atoms. The van der Waals surface area contributed by atoms with Gasteiger partial charge in [0.25, 0.3) is 0 Å². The molecule has 38 heavy (non-hydrogen) atoms. The molecule has 5 aliphatic rings. The van der Waals surface area contributed by atoms with Gasteiger partial charge in [-0.3, -0.25) is 4.90 Å². The smallest absolute Gasteiger partial charge is 0.410 e. The maximum Gasteiger partial charge on any atom is 0.415 e. The SMILES string of the molecule is CCC[C@@H]1Cc2cc(OC(=O)N3CCC(N4CCN(C)CC4)CC3)ccc2[C@H]2CC[C@]3(C)[C@@H](O)CC[C@H]3[C@H]12. The predicted octanol–water partition coefficient (Wildman–Crippen LogP) is 5.14. The molecule has 1 N–H and O–H groups in total. The van der Waals surface area contributed by atoms with E-state index in [1.54, 1.807) is 0 Å². The van der Waals surface area contributed by atoms with E-state index in [4.69, 9.17) is 4.74 Å². The number of aliphatic hydroxyl groups is 1. The number of piperidine rings is 1. The topological polar surface area (TPSA) is 56.2 Å². The van der Waals surface area contributed by atoms with Gasteiger partial charge in [-0.05, 0) is 104 Å². The Morgan fingerprint density at radius 3 is 2.55 bits per heavy atom. The molecule has 0 unspecified atom stereocenters. The van der Waals surface area contributed by atoms with Gasteiger partial charge in [-0.2, -0.15) is 0 Å². The molecule has 6 rings (SSSR count). The Morgan fingerprint density at radius 2 is 1.82 bits per heavy atom. The summed E-state index contributed by atoms with van der Waals surface area (Å²) in [4.78, 5) is 20.0. The molecule has 2 aliphatic heterocycles. The lowest BCUT2D eigenvalue weighted by atomic mass is 9.52. The van der Waals surface area contributed by atoms with Crippen LogP contribution in [0.1, 0.15) is 82.3 Å². The number of aliphatic hydroxyl groups excluding tert-OH is 1. The van der Waals surface area contributed by atoms with Crippen molar-refractivity contribution in [3.8, 4) is 5.75 Å². The van der Waals surface area contributed by atoms with Crippen LogP contribution in [0.5, 0.6) is 5.75 Å². The molecule has 4 fully saturated rings. The summed E-state index contributed by atoms with van der Waals surface area (Å²) in [6, 6.07) is 7.09. The third-order valence-corrected chi connectivity index (χ3v) is 11.5. The molecular weight excluding hydrogens is 474 g/mol. The van der Waals surface area contributed by atoms with Crippen molar-refractivity contribution >= 4 is 6.09 Å². The number of hydrogen-bond donors (Lipinski definition) is 1. The van der Waals surface area contributed by atoms with Crippen LogP contribution in [-0.4, -0.2) is 84.4 Å². The zero-order chi connectivity index (χ0) is 26.4. The molecule has 0 radical (unpaired) electrons. The van der Waals surface area contributed by atoms with Crippen molar-refractivity contribution < 1.29 is 14.6 Å². The second-order valence-corrected chi connectivity index (χ2v) is 13.5. The van der Waals surface area contributed by atoms with E-state index in [-0.39, 0.29) is 17.6 Å². The van der Waals surface area contributed by atoms with Crippen molar-refractivity contribution in [3.05, 3.63) is 29.3 Å². The molecule has 210 valence electrons. The highest BCUT2D eigenvalue weighted by molar-refractivity contribution is 5.71. The first-order valence-electron chi connectivity index (χ1n) is 15.6. The number of carbonyl (C=O) groups is 1. The summed E-state index contributed by atoms with van der Waals surface area (Å²) in [6.07, 6.45) is 9.73. The van der Waals surface area contributed by atoms with Crippen LogP contribution >= 0.6 is 0 Å². The van der Waals surface area contributed by atoms with Crippen molar-refractivity contribution in [2.24, 2.45) is 23.2 Å². The second-order valence-electron chi connectivity index (χ2n) is 13.5. The first-order valence-corrected chi connectivity index (χ1v) is 15.6. The van der Waals surface area contributed by atoms with Crippen molar-refractivity contribution in [3.63, 3.8) is 0 Å². The molecule has 2 saturated heterocycles. The van der Waals surface area contributed by atoms with Gasteiger partial charge in [-0.15, -0.1) is 0 Å². The van der Waals surface area contributed by atoms with Crippen molar-refractivity contribution in [2.45, 2.75) is 89.7 Å². The molecule has 2 heterocycles. The fraction of sp³-hybridized carbons (Fsp3) is 0.781. The number of fused-ring (bicyclic) bond motifs is 5. The minimum Gasteiger partial charge on any atom is -0.410 e. The van der Waals surface area contributed by atoms with E-state index in [0.717, 1.165) is 71.4 Å². The van der Waals surface area contributed by atoms with Gasteiger partial charge in [0, 0.05) is 45.3 Å². The van der Waals surface area contributed by atoms with Gasteiger partial charge in [0.1, 0.15) is 5.75 Å². The summed E-state index contributed by atoms with van der Waals surface area (Å²) in [5.74, 6) is 3.25. The number of piperazine rings is 1. The highest BCUT2D eigenvalue weighted by atomic mass is 16.6. The lowest BCUT2D eigenvalue weighted by molar-refractivity contribution is -0.0394. The van der Waals surface area contributed by atoms with Crippen LogP contribution < -0.4 is 4.74 Å². The Balaban J connectivity index is 1.12. The standard InChI is InChI=1S/C32H49N3O3/c1-4-5-22-20-23-21-25(6-7-26(23)27-10-13-32(2)28(30(22)27)8-9-29(32)36)38-31(37)35-14-11-24(12-15-35)34-18-16-33(3)17-19-34/h6-7,21-22,24,27-30,36H,4-5,8-20H2,1-3H3/t22-,27-,28+,29+,30-,32+/m1/s1. The molecular formula is C32H49N3O3. The number of benzene rings is 1. The average molecular weight is 524 g/mol. The first kappa shape index (κ1) is 26.6. The van der Waals surface area contributed by atoms with Gasteiger partial charge in [0.05, 0.1) is 6.10 Å². The maximum atomic E-state index is 13.1. The summed E-state index contributed by atoms with van der Waals surface area (Å²) in [6.45, 7) is 10.8. The van der Waals surface area contributed by atoms with Crippen molar-refractivity contribution in [1.29, 1.82) is 0 Å². The third kappa shape index (κ3) is 4.79. The average Bonchev–Trinajstić information content (AvgIpc) is 3.23. The number of likely N-dealkylation sites (tertiary alicyclic amines) is 1. The number of hydrogen-bond acceptors (Lipinski definition) is 5. The van der Waals surface area contributed by atoms with Crippen LogP contribution in [-0.2, 0) is 6.42 Å². The number of ether oxygens (including phenoxy) is 1. The number of rotatable bonds is 4. The van der Waals surface area contributed by atoms with Crippen LogP contribution in [0.3, 0.4) is 0 Å². The zero-order valence-electron chi connectivity index (χ0n) is 23.9. The Labute approximate surface area is 229 Å². The summed E-state index contributed by atoms with van der Waals surface area (Å²) in [7, 11) is 2.20. The van der Waals surface area contributed by atoms with Crippen LogP contribution in [0, 0.1) is 23.2 Å². The molecule has 6 atom stereocenters. The molecule has 1 amide bonds. The van der Waals surface area contributed by atoms with Crippen LogP contribution in [0.4, 0.5) is 4.79 Å². The Morgan fingerprint density at radius 1 is 1.05 bits per heavy atom. The Bertz CT molecular complexity index is 1000. The van der Waals surface area contributed by atoms with E-state index >= 15 is 0 Å². The van der Waals surface area contributed by atoms with Gasteiger partial charge in [-0.25, -0.2) is 4.79 Å². The van der Waals surface area contributed by atoms with Gasteiger partial charge >= 0.3 is 6.09 Å². The number of carbonyl (C=O) groups excluding carboxylic acids is 1. The van der Waals surface area contributed by atoms with Crippen molar-refractivity contribution in [2.75, 3.05) is 46.3 Å². The summed E-state index contributed by atoms with van der Waals surface area (Å²) < 4.78 is 5.98. The summed E-state index contributed by atoms with van der Waals surface area (Å²) in [5.41, 5.74) is 2.97. The maximum absolute atomic E-state index is 13.1. The highest BCUT2D eigenvalue weighted by Gasteiger charge is 2.56. The molecule has 3 aliphatic carbocycles. The highest BCUT2D eigenvalue weighted by Crippen LogP contribution is 2.62. The number of amides is 1. The molecule has 0 aromatic heterocycles. The van der Waals surface area contributed by atoms with Gasteiger partial charge < -0.3 is 19.6 Å². The normalized spacial score (nSPS) is 36.4. The third-order valence-electron chi connectivity index (χ3n) is 11.5. The number of nitrogens with zero attached hydrogens (tertiary/aromatic N) is 3.